The largest absolute Gasteiger partial charge is 0.464 e. The van der Waals surface area contributed by atoms with E-state index >= 15 is 0 Å². The Balaban J connectivity index is 0.000000120. The van der Waals surface area contributed by atoms with Crippen LogP contribution in [0, 0.1) is 5.92 Å². The highest BCUT2D eigenvalue weighted by Crippen LogP contribution is 2.10. The fraction of sp³-hybridized carbons (Fsp3) is 0.750. The van der Waals surface area contributed by atoms with Gasteiger partial charge in [-0.3, -0.25) is 9.59 Å². The molecule has 4 nitrogen and oxygen atoms in total. The zero-order valence-electron chi connectivity index (χ0n) is 7.20. The van der Waals surface area contributed by atoms with Gasteiger partial charge in [0.2, 0.25) is 0 Å². The summed E-state index contributed by atoms with van der Waals surface area (Å²) >= 11 is 0. The number of hydrogen-bond donors (Lipinski definition) is 0. The molecule has 2 unspecified atom stereocenters. The Bertz CT molecular complexity index is 191. The Morgan fingerprint density at radius 3 is 1.83 bits per heavy atom. The molecular formula is C8H12O4. The smallest absolute Gasteiger partial charge is 0.312 e. The van der Waals surface area contributed by atoms with Crippen molar-refractivity contribution in [1.29, 1.82) is 0 Å². The van der Waals surface area contributed by atoms with E-state index in [1.807, 2.05) is 13.8 Å². The Kier molecular flexibility index (Phi) is 2.68. The van der Waals surface area contributed by atoms with Crippen molar-refractivity contribution in [2.75, 3.05) is 6.61 Å². The van der Waals surface area contributed by atoms with Crippen molar-refractivity contribution in [2.45, 2.75) is 26.4 Å². The summed E-state index contributed by atoms with van der Waals surface area (Å²) in [5.41, 5.74) is 0. The van der Waals surface area contributed by atoms with Crippen LogP contribution in [0.25, 0.3) is 0 Å². The van der Waals surface area contributed by atoms with Gasteiger partial charge in [0.25, 0.3) is 0 Å². The minimum Gasteiger partial charge on any atom is -0.464 e. The number of cyclic esters (lactones) is 2. The number of carbonyl (C=O) groups is 2. The molecule has 4 heteroatoms. The molecule has 2 rings (SSSR count). The molecule has 0 N–H and O–H groups in total. The SMILES string of the molecule is CC1CC(=O)O1.CC1COC1=O. The summed E-state index contributed by atoms with van der Waals surface area (Å²) in [4.78, 5) is 19.9. The number of rotatable bonds is 0. The predicted octanol–water partition coefficient (Wildman–Crippen LogP) is 0.501. The monoisotopic (exact) mass is 172 g/mol. The van der Waals surface area contributed by atoms with E-state index in [0.29, 0.717) is 13.0 Å². The number of hydrogen-bond acceptors (Lipinski definition) is 4. The zero-order valence-corrected chi connectivity index (χ0v) is 7.20. The number of carbonyl (C=O) groups excluding carboxylic acids is 2. The topological polar surface area (TPSA) is 52.6 Å². The molecule has 2 fully saturated rings. The van der Waals surface area contributed by atoms with Gasteiger partial charge in [-0.15, -0.1) is 0 Å². The predicted molar refractivity (Wildman–Crippen MR) is 40.3 cm³/mol. The van der Waals surface area contributed by atoms with Crippen molar-refractivity contribution in [3.8, 4) is 0 Å². The average Bonchev–Trinajstić information content (AvgIpc) is 2.00. The highest BCUT2D eigenvalue weighted by atomic mass is 16.6. The van der Waals surface area contributed by atoms with Crippen molar-refractivity contribution in [1.82, 2.24) is 0 Å². The normalized spacial score (nSPS) is 31.5. The molecule has 0 spiro atoms. The van der Waals surface area contributed by atoms with E-state index in [1.54, 1.807) is 0 Å². The van der Waals surface area contributed by atoms with E-state index in [9.17, 15) is 9.59 Å². The first-order valence-corrected chi connectivity index (χ1v) is 3.95. The lowest BCUT2D eigenvalue weighted by molar-refractivity contribution is -0.168. The first kappa shape index (κ1) is 9.03. The van der Waals surface area contributed by atoms with Crippen LogP contribution in [0.4, 0.5) is 0 Å². The average molecular weight is 172 g/mol. The van der Waals surface area contributed by atoms with Gasteiger partial charge in [-0.1, -0.05) is 0 Å². The summed E-state index contributed by atoms with van der Waals surface area (Å²) in [6.45, 7) is 4.35. The van der Waals surface area contributed by atoms with Gasteiger partial charge in [0.05, 0.1) is 12.3 Å². The molecule has 2 aliphatic heterocycles. The summed E-state index contributed by atoms with van der Waals surface area (Å²) in [5.74, 6) is 0.0440. The maximum Gasteiger partial charge on any atom is 0.312 e. The van der Waals surface area contributed by atoms with Crippen LogP contribution in [0.15, 0.2) is 0 Å². The molecule has 2 heterocycles. The summed E-state index contributed by atoms with van der Waals surface area (Å²) in [6.07, 6.45) is 0.803. The lowest BCUT2D eigenvalue weighted by Gasteiger charge is -2.20. The second-order valence-corrected chi connectivity index (χ2v) is 3.04. The fourth-order valence-corrected chi connectivity index (χ4v) is 0.768. The quantitative estimate of drug-likeness (QED) is 0.499. The highest BCUT2D eigenvalue weighted by Gasteiger charge is 2.24. The molecule has 0 aromatic carbocycles. The molecule has 0 aromatic heterocycles. The minimum atomic E-state index is -0.0671. The molecule has 0 aliphatic carbocycles. The molecular weight excluding hydrogens is 160 g/mol. The van der Waals surface area contributed by atoms with Gasteiger partial charge >= 0.3 is 11.9 Å². The fourth-order valence-electron chi connectivity index (χ4n) is 0.768. The third-order valence-electron chi connectivity index (χ3n) is 1.66. The summed E-state index contributed by atoms with van der Waals surface area (Å²) < 4.78 is 8.90. The van der Waals surface area contributed by atoms with E-state index < -0.39 is 0 Å². The lowest BCUT2D eigenvalue weighted by atomic mass is 10.1. The molecule has 12 heavy (non-hydrogen) atoms. The van der Waals surface area contributed by atoms with Crippen molar-refractivity contribution >= 4 is 11.9 Å². The van der Waals surface area contributed by atoms with Crippen LogP contribution >= 0.6 is 0 Å². The van der Waals surface area contributed by atoms with Gasteiger partial charge in [-0.2, -0.15) is 0 Å². The molecule has 2 saturated heterocycles. The third kappa shape index (κ3) is 2.22. The number of esters is 2. The van der Waals surface area contributed by atoms with Crippen molar-refractivity contribution in [2.24, 2.45) is 5.92 Å². The van der Waals surface area contributed by atoms with E-state index in [2.05, 4.69) is 9.47 Å². The second kappa shape index (κ2) is 3.56. The highest BCUT2D eigenvalue weighted by molar-refractivity contribution is 5.76. The minimum absolute atomic E-state index is 0.0602. The summed E-state index contributed by atoms with van der Waals surface area (Å²) in [6, 6.07) is 0. The third-order valence-corrected chi connectivity index (χ3v) is 1.66. The second-order valence-electron chi connectivity index (χ2n) is 3.04. The lowest BCUT2D eigenvalue weighted by Crippen LogP contribution is -2.31. The Morgan fingerprint density at radius 2 is 1.83 bits per heavy atom. The van der Waals surface area contributed by atoms with Crippen LogP contribution < -0.4 is 0 Å². The number of ether oxygens (including phenoxy) is 2. The summed E-state index contributed by atoms with van der Waals surface area (Å²) in [5, 5.41) is 0. The van der Waals surface area contributed by atoms with Gasteiger partial charge in [0, 0.05) is 0 Å². The molecule has 2 aliphatic rings. The maximum atomic E-state index is 10.0. The Hall–Kier alpha value is -1.06. The molecule has 0 saturated carbocycles. The van der Waals surface area contributed by atoms with Crippen LogP contribution in [0.2, 0.25) is 0 Å². The van der Waals surface area contributed by atoms with Crippen molar-refractivity contribution in [3.63, 3.8) is 0 Å². The van der Waals surface area contributed by atoms with E-state index in [4.69, 9.17) is 0 Å². The molecule has 2 atom stereocenters. The van der Waals surface area contributed by atoms with Gasteiger partial charge in [0.1, 0.15) is 12.7 Å². The van der Waals surface area contributed by atoms with Crippen LogP contribution in [0.1, 0.15) is 20.3 Å². The van der Waals surface area contributed by atoms with Gasteiger partial charge in [0.15, 0.2) is 0 Å². The van der Waals surface area contributed by atoms with Gasteiger partial charge in [-0.25, -0.2) is 0 Å². The van der Waals surface area contributed by atoms with E-state index in [-0.39, 0.29) is 24.0 Å². The van der Waals surface area contributed by atoms with Crippen molar-refractivity contribution < 1.29 is 19.1 Å². The van der Waals surface area contributed by atoms with Crippen LogP contribution in [0.5, 0.6) is 0 Å². The molecule has 0 bridgehead atoms. The van der Waals surface area contributed by atoms with Gasteiger partial charge in [-0.05, 0) is 13.8 Å². The zero-order chi connectivity index (χ0) is 9.14. The molecule has 0 aromatic rings. The first-order chi connectivity index (χ1) is 5.59. The van der Waals surface area contributed by atoms with E-state index in [1.165, 1.54) is 0 Å². The molecule has 0 radical (unpaired) electrons. The van der Waals surface area contributed by atoms with E-state index in [0.717, 1.165) is 0 Å². The first-order valence-electron chi connectivity index (χ1n) is 3.95. The van der Waals surface area contributed by atoms with Crippen LogP contribution in [-0.2, 0) is 19.1 Å². The van der Waals surface area contributed by atoms with Crippen LogP contribution in [-0.4, -0.2) is 24.6 Å². The van der Waals surface area contributed by atoms with Crippen molar-refractivity contribution in [3.05, 3.63) is 0 Å². The molecule has 0 amide bonds. The molecule has 68 valence electrons. The van der Waals surface area contributed by atoms with Gasteiger partial charge < -0.3 is 9.47 Å². The maximum absolute atomic E-state index is 10.0. The Morgan fingerprint density at radius 1 is 1.33 bits per heavy atom. The summed E-state index contributed by atoms with van der Waals surface area (Å²) in [7, 11) is 0. The standard InChI is InChI=1S/2C4H6O2/c1-3-2-6-4(3)5;1-3-2-4(5)6-3/h2*3H,2H2,1H3. The van der Waals surface area contributed by atoms with Crippen LogP contribution in [0.3, 0.4) is 0 Å². The Labute approximate surface area is 70.8 Å².